The molecule has 4 aliphatic rings. The first-order valence-electron chi connectivity index (χ1n) is 15.5. The lowest BCUT2D eigenvalue weighted by atomic mass is 10.2. The Labute approximate surface area is 301 Å². The van der Waals surface area contributed by atoms with Gasteiger partial charge in [0.2, 0.25) is 11.9 Å². The van der Waals surface area contributed by atoms with Crippen LogP contribution in [0.25, 0.3) is 0 Å². The summed E-state index contributed by atoms with van der Waals surface area (Å²) in [5.74, 6) is 3.06. The van der Waals surface area contributed by atoms with Gasteiger partial charge in [-0.2, -0.15) is 9.97 Å². The summed E-state index contributed by atoms with van der Waals surface area (Å²) < 4.78 is 11.9. The van der Waals surface area contributed by atoms with Gasteiger partial charge in [-0.3, -0.25) is 4.21 Å². The first-order chi connectivity index (χ1) is 22.8. The van der Waals surface area contributed by atoms with E-state index in [1.807, 2.05) is 36.4 Å². The van der Waals surface area contributed by atoms with Crippen molar-refractivity contribution in [3.05, 3.63) is 80.3 Å². The molecular formula is C32H32Cl4N8OS2. The topological polar surface area (TPSA) is 81.6 Å². The van der Waals surface area contributed by atoms with Crippen molar-refractivity contribution in [3.8, 4) is 0 Å². The zero-order valence-electron chi connectivity index (χ0n) is 25.4. The highest BCUT2D eigenvalue weighted by Gasteiger charge is 2.28. The number of hydrogen-bond acceptors (Lipinski definition) is 10. The van der Waals surface area contributed by atoms with E-state index < -0.39 is 10.8 Å². The van der Waals surface area contributed by atoms with Crippen LogP contribution in [-0.2, 0) is 23.6 Å². The summed E-state index contributed by atoms with van der Waals surface area (Å²) in [4.78, 5) is 28.9. The third kappa shape index (κ3) is 7.40. The fourth-order valence-corrected chi connectivity index (χ4v) is 9.32. The van der Waals surface area contributed by atoms with E-state index in [2.05, 4.69) is 46.7 Å². The monoisotopic (exact) mass is 748 g/mol. The lowest BCUT2D eigenvalue weighted by Crippen LogP contribution is -2.47. The number of rotatable bonds is 4. The average Bonchev–Trinajstić information content (AvgIpc) is 3.73. The number of hydrogen-bond donors (Lipinski definition) is 0. The summed E-state index contributed by atoms with van der Waals surface area (Å²) in [6.07, 6.45) is 1.70. The fraction of sp³-hybridized carbons (Fsp3) is 0.375. The van der Waals surface area contributed by atoms with Crippen molar-refractivity contribution in [2.24, 2.45) is 0 Å². The van der Waals surface area contributed by atoms with Crippen molar-refractivity contribution in [2.75, 3.05) is 83.5 Å². The van der Waals surface area contributed by atoms with Crippen LogP contribution >= 0.6 is 58.2 Å². The molecule has 2 aromatic carbocycles. The minimum atomic E-state index is -1.05. The van der Waals surface area contributed by atoms with E-state index in [0.717, 1.165) is 96.8 Å². The van der Waals surface area contributed by atoms with Crippen LogP contribution in [0.2, 0.25) is 20.4 Å². The molecule has 6 heterocycles. The van der Waals surface area contributed by atoms with Gasteiger partial charge in [-0.1, -0.05) is 46.4 Å². The molecule has 0 saturated carbocycles. The molecule has 0 radical (unpaired) electrons. The molecule has 47 heavy (non-hydrogen) atoms. The van der Waals surface area contributed by atoms with Crippen molar-refractivity contribution in [1.29, 1.82) is 0 Å². The number of nitrogens with zero attached hydrogens (tertiary/aromatic N) is 8. The molecule has 0 amide bonds. The maximum Gasteiger partial charge on any atom is 0.227 e. The molecule has 2 fully saturated rings. The van der Waals surface area contributed by atoms with Crippen LogP contribution in [-0.4, -0.2) is 88.0 Å². The van der Waals surface area contributed by atoms with Gasteiger partial charge in [0.05, 0.1) is 32.0 Å². The van der Waals surface area contributed by atoms with E-state index in [4.69, 9.17) is 51.4 Å². The summed E-state index contributed by atoms with van der Waals surface area (Å²) in [6, 6.07) is 15.9. The Morgan fingerprint density at radius 2 is 1.04 bits per heavy atom. The number of fused-ring (bicyclic) bond motifs is 2. The molecule has 9 nitrogen and oxygen atoms in total. The van der Waals surface area contributed by atoms with E-state index in [0.29, 0.717) is 33.3 Å². The highest BCUT2D eigenvalue weighted by molar-refractivity contribution is 7.99. The number of thioether (sulfide) groups is 1. The maximum atomic E-state index is 11.9. The average molecular weight is 751 g/mol. The van der Waals surface area contributed by atoms with Crippen molar-refractivity contribution >= 4 is 92.2 Å². The molecule has 0 bridgehead atoms. The Balaban J connectivity index is 0.000000150. The highest BCUT2D eigenvalue weighted by atomic mass is 35.5. The first-order valence-corrected chi connectivity index (χ1v) is 19.3. The van der Waals surface area contributed by atoms with Gasteiger partial charge in [-0.25, -0.2) is 9.97 Å². The zero-order chi connectivity index (χ0) is 32.5. The summed E-state index contributed by atoms with van der Waals surface area (Å²) in [6.45, 7) is 7.07. The maximum absolute atomic E-state index is 11.9. The number of benzene rings is 2. The SMILES string of the molecule is Clc1ccc(N2CCN(c3nc(Cl)c4c(n3)CCS4)CC2)cc1.O=S1CCc2nc(N3CCN(c4ccc(Cl)cc4)CC3)nc(Cl)c21. The lowest BCUT2D eigenvalue weighted by Gasteiger charge is -2.36. The molecule has 0 spiro atoms. The standard InChI is InChI=1S/C16H16Cl2N4OS.C16H16Cl2N4S/c17-11-1-3-12(4-2-11)21-6-8-22(9-7-21)16-19-13-5-10-24(23)14(13)15(18)20-16;17-11-1-3-12(4-2-11)21-6-8-22(9-7-21)16-19-13-5-10-23-14(13)15(18)20-16/h1-4H,5-10H2;1-4H,5-10H2. The number of anilines is 4. The summed E-state index contributed by atoms with van der Waals surface area (Å²) in [7, 11) is -1.05. The van der Waals surface area contributed by atoms with Crippen LogP contribution in [0, 0.1) is 0 Å². The molecule has 0 N–H and O–H groups in total. The van der Waals surface area contributed by atoms with E-state index >= 15 is 0 Å². The van der Waals surface area contributed by atoms with Crippen LogP contribution in [0.1, 0.15) is 11.4 Å². The normalized spacial score (nSPS) is 18.9. The second-order valence-electron chi connectivity index (χ2n) is 11.5. The molecule has 4 aliphatic heterocycles. The molecule has 8 rings (SSSR count). The van der Waals surface area contributed by atoms with Gasteiger partial charge in [0, 0.05) is 98.1 Å². The van der Waals surface area contributed by atoms with Gasteiger partial charge < -0.3 is 19.6 Å². The molecule has 0 aliphatic carbocycles. The Kier molecular flexibility index (Phi) is 10.2. The second-order valence-corrected chi connectivity index (χ2v) is 15.7. The molecule has 1 unspecified atom stereocenters. The second kappa shape index (κ2) is 14.5. The molecular weight excluding hydrogens is 718 g/mol. The Morgan fingerprint density at radius 1 is 0.574 bits per heavy atom. The molecule has 246 valence electrons. The largest absolute Gasteiger partial charge is 0.368 e. The third-order valence-electron chi connectivity index (χ3n) is 8.61. The summed E-state index contributed by atoms with van der Waals surface area (Å²) in [5, 5.41) is 2.46. The fourth-order valence-electron chi connectivity index (χ4n) is 6.07. The molecule has 15 heteroatoms. The van der Waals surface area contributed by atoms with E-state index in [-0.39, 0.29) is 0 Å². The molecule has 2 aromatic heterocycles. The number of piperazine rings is 2. The first kappa shape index (κ1) is 33.0. The van der Waals surface area contributed by atoms with E-state index in [9.17, 15) is 4.21 Å². The van der Waals surface area contributed by atoms with Crippen LogP contribution < -0.4 is 19.6 Å². The Bertz CT molecular complexity index is 1770. The Hall–Kier alpha value is -2.54. The van der Waals surface area contributed by atoms with Crippen molar-refractivity contribution in [2.45, 2.75) is 22.6 Å². The number of aryl methyl sites for hydroxylation is 2. The predicted octanol–water partition coefficient (Wildman–Crippen LogP) is 6.53. The van der Waals surface area contributed by atoms with Gasteiger partial charge in [-0.15, -0.1) is 11.8 Å². The van der Waals surface area contributed by atoms with Crippen LogP contribution in [0.3, 0.4) is 0 Å². The summed E-state index contributed by atoms with van der Waals surface area (Å²) >= 11 is 26.2. The minimum absolute atomic E-state index is 0.339. The van der Waals surface area contributed by atoms with Gasteiger partial charge in [-0.05, 0) is 48.5 Å². The number of aromatic nitrogens is 4. The Morgan fingerprint density at radius 3 is 1.57 bits per heavy atom. The van der Waals surface area contributed by atoms with Crippen molar-refractivity contribution < 1.29 is 4.21 Å². The molecule has 4 aromatic rings. The van der Waals surface area contributed by atoms with Crippen molar-refractivity contribution in [1.82, 2.24) is 19.9 Å². The van der Waals surface area contributed by atoms with E-state index in [1.165, 1.54) is 11.4 Å². The zero-order valence-corrected chi connectivity index (χ0v) is 30.1. The van der Waals surface area contributed by atoms with Crippen LogP contribution in [0.5, 0.6) is 0 Å². The predicted molar refractivity (Wildman–Crippen MR) is 195 cm³/mol. The molecule has 1 atom stereocenters. The van der Waals surface area contributed by atoms with Gasteiger partial charge in [0.25, 0.3) is 0 Å². The smallest absolute Gasteiger partial charge is 0.227 e. The number of halogens is 4. The highest BCUT2D eigenvalue weighted by Crippen LogP contribution is 2.36. The lowest BCUT2D eigenvalue weighted by molar-refractivity contribution is 0.637. The third-order valence-corrected chi connectivity index (χ3v) is 12.5. The van der Waals surface area contributed by atoms with E-state index in [1.54, 1.807) is 11.8 Å². The van der Waals surface area contributed by atoms with Gasteiger partial charge in [0.15, 0.2) is 5.15 Å². The molecule has 2 saturated heterocycles. The van der Waals surface area contributed by atoms with Crippen molar-refractivity contribution in [3.63, 3.8) is 0 Å². The summed E-state index contributed by atoms with van der Waals surface area (Å²) in [5.41, 5.74) is 4.31. The quantitative estimate of drug-likeness (QED) is 0.215. The van der Waals surface area contributed by atoms with Crippen LogP contribution in [0.15, 0.2) is 58.3 Å². The van der Waals surface area contributed by atoms with Gasteiger partial charge >= 0.3 is 0 Å². The van der Waals surface area contributed by atoms with Gasteiger partial charge in [0.1, 0.15) is 5.15 Å². The minimum Gasteiger partial charge on any atom is -0.368 e. The van der Waals surface area contributed by atoms with Crippen LogP contribution in [0.4, 0.5) is 23.3 Å².